The SMILES string of the molecule is Cc1ccccc1C(=O)N1CCN(Cc2ccco2)CC1. The molecule has 1 aromatic heterocycles. The molecular weight excluding hydrogens is 264 g/mol. The smallest absolute Gasteiger partial charge is 0.254 e. The number of rotatable bonds is 3. The van der Waals surface area contributed by atoms with Gasteiger partial charge in [0.1, 0.15) is 5.76 Å². The Labute approximate surface area is 125 Å². The highest BCUT2D eigenvalue weighted by molar-refractivity contribution is 5.95. The van der Waals surface area contributed by atoms with Crippen molar-refractivity contribution in [1.29, 1.82) is 0 Å². The van der Waals surface area contributed by atoms with E-state index in [9.17, 15) is 4.79 Å². The molecular formula is C17H20N2O2. The number of carbonyl (C=O) groups is 1. The van der Waals surface area contributed by atoms with Gasteiger partial charge in [0.05, 0.1) is 12.8 Å². The summed E-state index contributed by atoms with van der Waals surface area (Å²) in [6.07, 6.45) is 1.70. The molecule has 0 saturated carbocycles. The summed E-state index contributed by atoms with van der Waals surface area (Å²) in [5.41, 5.74) is 1.86. The third-order valence-electron chi connectivity index (χ3n) is 3.99. The van der Waals surface area contributed by atoms with Crippen LogP contribution in [0.2, 0.25) is 0 Å². The third kappa shape index (κ3) is 3.16. The van der Waals surface area contributed by atoms with Gasteiger partial charge < -0.3 is 9.32 Å². The predicted octanol–water partition coefficient (Wildman–Crippen LogP) is 2.55. The summed E-state index contributed by atoms with van der Waals surface area (Å²) >= 11 is 0. The first kappa shape index (κ1) is 13.9. The van der Waals surface area contributed by atoms with Gasteiger partial charge in [-0.15, -0.1) is 0 Å². The van der Waals surface area contributed by atoms with Crippen molar-refractivity contribution in [2.24, 2.45) is 0 Å². The number of hydrogen-bond acceptors (Lipinski definition) is 3. The normalized spacial score (nSPS) is 16.1. The number of carbonyl (C=O) groups excluding carboxylic acids is 1. The number of piperazine rings is 1. The van der Waals surface area contributed by atoms with E-state index in [1.807, 2.05) is 48.2 Å². The standard InChI is InChI=1S/C17H20N2O2/c1-14-5-2-3-7-16(14)17(20)19-10-8-18(9-11-19)13-15-6-4-12-21-15/h2-7,12H,8-11,13H2,1H3. The van der Waals surface area contributed by atoms with Crippen molar-refractivity contribution in [3.05, 3.63) is 59.5 Å². The molecule has 0 N–H and O–H groups in total. The molecule has 21 heavy (non-hydrogen) atoms. The van der Waals surface area contributed by atoms with Crippen LogP contribution in [-0.4, -0.2) is 41.9 Å². The van der Waals surface area contributed by atoms with Crippen LogP contribution in [0.5, 0.6) is 0 Å². The number of benzene rings is 1. The molecule has 1 fully saturated rings. The highest BCUT2D eigenvalue weighted by Gasteiger charge is 2.23. The summed E-state index contributed by atoms with van der Waals surface area (Å²) in [5, 5.41) is 0. The molecule has 110 valence electrons. The first-order valence-electron chi connectivity index (χ1n) is 7.33. The molecule has 1 aliphatic heterocycles. The van der Waals surface area contributed by atoms with E-state index in [1.165, 1.54) is 0 Å². The topological polar surface area (TPSA) is 36.7 Å². The third-order valence-corrected chi connectivity index (χ3v) is 3.99. The summed E-state index contributed by atoms with van der Waals surface area (Å²) in [7, 11) is 0. The fourth-order valence-corrected chi connectivity index (χ4v) is 2.72. The lowest BCUT2D eigenvalue weighted by Crippen LogP contribution is -2.48. The van der Waals surface area contributed by atoms with E-state index < -0.39 is 0 Å². The van der Waals surface area contributed by atoms with E-state index in [-0.39, 0.29) is 5.91 Å². The van der Waals surface area contributed by atoms with E-state index in [0.717, 1.165) is 49.6 Å². The van der Waals surface area contributed by atoms with Gasteiger partial charge in [-0.3, -0.25) is 9.69 Å². The molecule has 4 nitrogen and oxygen atoms in total. The van der Waals surface area contributed by atoms with Gasteiger partial charge in [0.15, 0.2) is 0 Å². The van der Waals surface area contributed by atoms with Crippen molar-refractivity contribution in [2.75, 3.05) is 26.2 Å². The van der Waals surface area contributed by atoms with Crippen molar-refractivity contribution >= 4 is 5.91 Å². The van der Waals surface area contributed by atoms with Crippen molar-refractivity contribution in [2.45, 2.75) is 13.5 Å². The lowest BCUT2D eigenvalue weighted by atomic mass is 10.1. The fourth-order valence-electron chi connectivity index (χ4n) is 2.72. The summed E-state index contributed by atoms with van der Waals surface area (Å²) in [4.78, 5) is 16.8. The molecule has 0 bridgehead atoms. The van der Waals surface area contributed by atoms with E-state index in [0.29, 0.717) is 0 Å². The monoisotopic (exact) mass is 284 g/mol. The molecule has 0 aliphatic carbocycles. The molecule has 1 amide bonds. The van der Waals surface area contributed by atoms with Gasteiger partial charge in [-0.2, -0.15) is 0 Å². The van der Waals surface area contributed by atoms with E-state index in [2.05, 4.69) is 4.90 Å². The van der Waals surface area contributed by atoms with Crippen LogP contribution in [0, 0.1) is 6.92 Å². The lowest BCUT2D eigenvalue weighted by Gasteiger charge is -2.34. The van der Waals surface area contributed by atoms with Crippen LogP contribution in [0.3, 0.4) is 0 Å². The van der Waals surface area contributed by atoms with Gasteiger partial charge in [0, 0.05) is 31.7 Å². The van der Waals surface area contributed by atoms with Crippen molar-refractivity contribution < 1.29 is 9.21 Å². The summed E-state index contributed by atoms with van der Waals surface area (Å²) in [6.45, 7) is 6.12. The lowest BCUT2D eigenvalue weighted by molar-refractivity contribution is 0.0619. The maximum absolute atomic E-state index is 12.5. The average molecular weight is 284 g/mol. The Kier molecular flexibility index (Phi) is 4.06. The predicted molar refractivity (Wildman–Crippen MR) is 81.1 cm³/mol. The zero-order chi connectivity index (χ0) is 14.7. The number of hydrogen-bond donors (Lipinski definition) is 0. The Bertz CT molecular complexity index is 599. The van der Waals surface area contributed by atoms with Crippen LogP contribution in [-0.2, 0) is 6.54 Å². The second kappa shape index (κ2) is 6.14. The molecule has 2 aromatic rings. The molecule has 0 unspecified atom stereocenters. The van der Waals surface area contributed by atoms with Gasteiger partial charge in [0.25, 0.3) is 5.91 Å². The van der Waals surface area contributed by atoms with Crippen LogP contribution >= 0.6 is 0 Å². The average Bonchev–Trinajstić information content (AvgIpc) is 3.01. The van der Waals surface area contributed by atoms with Gasteiger partial charge >= 0.3 is 0 Å². The van der Waals surface area contributed by atoms with Crippen LogP contribution in [0.4, 0.5) is 0 Å². The van der Waals surface area contributed by atoms with Crippen LogP contribution in [0.15, 0.2) is 47.1 Å². The van der Waals surface area contributed by atoms with Gasteiger partial charge in [-0.25, -0.2) is 0 Å². The minimum Gasteiger partial charge on any atom is -0.468 e. The van der Waals surface area contributed by atoms with Gasteiger partial charge in [-0.1, -0.05) is 18.2 Å². The first-order valence-corrected chi connectivity index (χ1v) is 7.33. The Morgan fingerprint density at radius 3 is 2.52 bits per heavy atom. The number of aryl methyl sites for hydroxylation is 1. The Hall–Kier alpha value is -2.07. The van der Waals surface area contributed by atoms with E-state index in [1.54, 1.807) is 6.26 Å². The van der Waals surface area contributed by atoms with Crippen LogP contribution < -0.4 is 0 Å². The zero-order valence-corrected chi connectivity index (χ0v) is 12.3. The molecule has 1 saturated heterocycles. The Balaban J connectivity index is 1.58. The van der Waals surface area contributed by atoms with Crippen LogP contribution in [0.25, 0.3) is 0 Å². The fraction of sp³-hybridized carbons (Fsp3) is 0.353. The van der Waals surface area contributed by atoms with Crippen molar-refractivity contribution in [3.63, 3.8) is 0 Å². The molecule has 0 radical (unpaired) electrons. The largest absolute Gasteiger partial charge is 0.468 e. The van der Waals surface area contributed by atoms with Crippen LogP contribution in [0.1, 0.15) is 21.7 Å². The molecule has 2 heterocycles. The maximum Gasteiger partial charge on any atom is 0.254 e. The molecule has 3 rings (SSSR count). The number of nitrogens with zero attached hydrogens (tertiary/aromatic N) is 2. The molecule has 0 spiro atoms. The molecule has 4 heteroatoms. The van der Waals surface area contributed by atoms with Gasteiger partial charge in [0.2, 0.25) is 0 Å². The van der Waals surface area contributed by atoms with Crippen molar-refractivity contribution in [1.82, 2.24) is 9.80 Å². The molecule has 1 aliphatic rings. The van der Waals surface area contributed by atoms with E-state index >= 15 is 0 Å². The van der Waals surface area contributed by atoms with E-state index in [4.69, 9.17) is 4.42 Å². The highest BCUT2D eigenvalue weighted by atomic mass is 16.3. The first-order chi connectivity index (χ1) is 10.2. The Morgan fingerprint density at radius 1 is 1.10 bits per heavy atom. The van der Waals surface area contributed by atoms with Gasteiger partial charge in [-0.05, 0) is 30.7 Å². The quantitative estimate of drug-likeness (QED) is 0.869. The second-order valence-electron chi connectivity index (χ2n) is 5.46. The minimum atomic E-state index is 0.144. The number of amides is 1. The minimum absolute atomic E-state index is 0.144. The number of furan rings is 1. The molecule has 1 aromatic carbocycles. The maximum atomic E-state index is 12.5. The summed E-state index contributed by atoms with van der Waals surface area (Å²) in [5.74, 6) is 1.12. The second-order valence-corrected chi connectivity index (χ2v) is 5.46. The summed E-state index contributed by atoms with van der Waals surface area (Å²) < 4.78 is 5.37. The molecule has 0 atom stereocenters. The van der Waals surface area contributed by atoms with Crippen molar-refractivity contribution in [3.8, 4) is 0 Å². The zero-order valence-electron chi connectivity index (χ0n) is 12.3. The highest BCUT2D eigenvalue weighted by Crippen LogP contribution is 2.14. The summed E-state index contributed by atoms with van der Waals surface area (Å²) in [6, 6.07) is 11.7. The Morgan fingerprint density at radius 2 is 1.86 bits per heavy atom.